The predicted molar refractivity (Wildman–Crippen MR) is 243 cm³/mol. The Labute approximate surface area is 350 Å². The van der Waals surface area contributed by atoms with E-state index in [1.54, 1.807) is 0 Å². The molecule has 0 aliphatic heterocycles. The van der Waals surface area contributed by atoms with Gasteiger partial charge in [0.2, 0.25) is 0 Å². The summed E-state index contributed by atoms with van der Waals surface area (Å²) in [5, 5.41) is 19.8. The summed E-state index contributed by atoms with van der Waals surface area (Å²) < 4.78 is 6.23. The highest BCUT2D eigenvalue weighted by Crippen LogP contribution is 2.29. The number of hydrogen-bond donors (Lipinski definition) is 2. The highest BCUT2D eigenvalue weighted by molar-refractivity contribution is 6.10. The van der Waals surface area contributed by atoms with Crippen molar-refractivity contribution >= 4 is 11.6 Å². The van der Waals surface area contributed by atoms with Gasteiger partial charge in [-0.2, -0.15) is 0 Å². The minimum atomic E-state index is -1.48. The Morgan fingerprint density at radius 2 is 0.625 bits per heavy atom. The molecular weight excluding hydrogens is 693 g/mol. The molecule has 5 nitrogen and oxygen atoms in total. The van der Waals surface area contributed by atoms with Gasteiger partial charge in [0.25, 0.3) is 0 Å². The highest BCUT2D eigenvalue weighted by Gasteiger charge is 2.45. The summed E-state index contributed by atoms with van der Waals surface area (Å²) in [7, 11) is 0. The van der Waals surface area contributed by atoms with E-state index < -0.39 is 18.3 Å². The van der Waals surface area contributed by atoms with Gasteiger partial charge < -0.3 is 14.9 Å². The molecule has 0 aliphatic carbocycles. The molecule has 0 aromatic rings. The second kappa shape index (κ2) is 43.8. The molecule has 0 aromatic heterocycles. The monoisotopic (exact) mass is 793 g/mol. The lowest BCUT2D eigenvalue weighted by molar-refractivity contribution is -0.164. The Morgan fingerprint density at radius 3 is 0.875 bits per heavy atom. The van der Waals surface area contributed by atoms with Crippen LogP contribution >= 0.6 is 0 Å². The number of carbonyl (C=O) groups is 2. The van der Waals surface area contributed by atoms with Crippen LogP contribution in [0.25, 0.3) is 0 Å². The molecular formula is C51H100O5. The van der Waals surface area contributed by atoms with Crippen molar-refractivity contribution in [2.45, 2.75) is 302 Å². The molecule has 0 aromatic carbocycles. The van der Waals surface area contributed by atoms with Crippen LogP contribution in [-0.4, -0.2) is 46.7 Å². The van der Waals surface area contributed by atoms with Crippen molar-refractivity contribution in [2.75, 3.05) is 13.2 Å². The normalized spacial score (nSPS) is 12.4. The van der Waals surface area contributed by atoms with Gasteiger partial charge in [-0.15, -0.1) is 0 Å². The molecule has 5 heteroatoms. The number of hydrogen-bond acceptors (Lipinski definition) is 5. The molecule has 0 bridgehead atoms. The van der Waals surface area contributed by atoms with E-state index in [0.29, 0.717) is 19.3 Å². The minimum absolute atomic E-state index is 0.0932. The number of unbranched alkanes of at least 4 members (excludes halogenated alkanes) is 36. The molecule has 0 saturated carbocycles. The zero-order chi connectivity index (χ0) is 41.1. The Morgan fingerprint density at radius 1 is 0.393 bits per heavy atom. The molecule has 0 aliphatic rings. The first kappa shape index (κ1) is 55.2. The SMILES string of the molecule is CCCCCCCCCCCCCCCC(=O)C(CCCCCCCCCCCCCCC)(OCC(O)CO)C(=O)CCCCCCCCCCCCCCC. The van der Waals surface area contributed by atoms with Crippen LogP contribution in [0.3, 0.4) is 0 Å². The van der Waals surface area contributed by atoms with Crippen LogP contribution in [0, 0.1) is 0 Å². The standard InChI is InChI=1S/C51H100O5/c1-4-7-10-13-16-19-22-25-28-31-34-37-40-43-49(54)51(56-47-48(53)46-52,45-42-39-36-33-30-27-24-21-18-15-12-9-6-3)50(55)44-41-38-35-32-29-26-23-20-17-14-11-8-5-2/h48,52-53H,4-47H2,1-3H3. The van der Waals surface area contributed by atoms with Gasteiger partial charge in [-0.3, -0.25) is 9.59 Å². The van der Waals surface area contributed by atoms with Gasteiger partial charge in [-0.1, -0.05) is 252 Å². The van der Waals surface area contributed by atoms with Crippen molar-refractivity contribution in [1.29, 1.82) is 0 Å². The third-order valence-electron chi connectivity index (χ3n) is 12.3. The van der Waals surface area contributed by atoms with E-state index in [1.807, 2.05) is 0 Å². The maximum atomic E-state index is 14.1. The zero-order valence-electron chi connectivity index (χ0n) is 38.3. The van der Waals surface area contributed by atoms with Crippen LogP contribution in [-0.2, 0) is 14.3 Å². The Bertz CT molecular complexity index is 770. The predicted octanol–water partition coefficient (Wildman–Crippen LogP) is 15.7. The molecule has 0 saturated heterocycles. The first-order chi connectivity index (χ1) is 27.5. The van der Waals surface area contributed by atoms with Crippen molar-refractivity contribution in [3.8, 4) is 0 Å². The van der Waals surface area contributed by atoms with Crippen molar-refractivity contribution in [1.82, 2.24) is 0 Å². The Balaban J connectivity index is 4.95. The van der Waals surface area contributed by atoms with Gasteiger partial charge >= 0.3 is 0 Å². The fourth-order valence-corrected chi connectivity index (χ4v) is 8.36. The largest absolute Gasteiger partial charge is 0.394 e. The molecule has 0 radical (unpaired) electrons. The van der Waals surface area contributed by atoms with E-state index in [-0.39, 0.29) is 18.2 Å². The fraction of sp³-hybridized carbons (Fsp3) is 0.961. The lowest BCUT2D eigenvalue weighted by Gasteiger charge is -2.32. The first-order valence-electron chi connectivity index (χ1n) is 25.5. The molecule has 334 valence electrons. The lowest BCUT2D eigenvalue weighted by Crippen LogP contribution is -2.50. The summed E-state index contributed by atoms with van der Waals surface area (Å²) >= 11 is 0. The number of aliphatic hydroxyl groups is 2. The van der Waals surface area contributed by atoms with Gasteiger partial charge in [-0.05, 0) is 25.7 Å². The molecule has 0 fully saturated rings. The second-order valence-electron chi connectivity index (χ2n) is 17.8. The summed E-state index contributed by atoms with van der Waals surface area (Å²) in [6.45, 7) is 6.20. The van der Waals surface area contributed by atoms with Gasteiger partial charge in [0.1, 0.15) is 6.10 Å². The van der Waals surface area contributed by atoms with Crippen LogP contribution in [0.15, 0.2) is 0 Å². The quantitative estimate of drug-likeness (QED) is 0.0473. The molecule has 56 heavy (non-hydrogen) atoms. The maximum Gasteiger partial charge on any atom is 0.184 e. The summed E-state index contributed by atoms with van der Waals surface area (Å²) in [4.78, 5) is 28.2. The highest BCUT2D eigenvalue weighted by atomic mass is 16.5. The minimum Gasteiger partial charge on any atom is -0.394 e. The number of ketones is 2. The Kier molecular flexibility index (Phi) is 43.2. The smallest absolute Gasteiger partial charge is 0.184 e. The summed E-state index contributed by atoms with van der Waals surface area (Å²) in [5.41, 5.74) is -1.48. The third-order valence-corrected chi connectivity index (χ3v) is 12.3. The van der Waals surface area contributed by atoms with E-state index >= 15 is 0 Å². The summed E-state index contributed by atoms with van der Waals surface area (Å²) in [5.74, 6) is -0.186. The number of ether oxygens (including phenoxy) is 1. The topological polar surface area (TPSA) is 83.8 Å². The van der Waals surface area contributed by atoms with E-state index in [1.165, 1.54) is 193 Å². The molecule has 0 rings (SSSR count). The van der Waals surface area contributed by atoms with Crippen LogP contribution in [0.5, 0.6) is 0 Å². The van der Waals surface area contributed by atoms with E-state index in [4.69, 9.17) is 4.74 Å². The van der Waals surface area contributed by atoms with E-state index in [9.17, 15) is 19.8 Å². The van der Waals surface area contributed by atoms with Crippen LogP contribution < -0.4 is 0 Å². The average Bonchev–Trinajstić information content (AvgIpc) is 3.20. The third kappa shape index (κ3) is 34.1. The maximum absolute atomic E-state index is 14.1. The van der Waals surface area contributed by atoms with Crippen LogP contribution in [0.1, 0.15) is 290 Å². The van der Waals surface area contributed by atoms with Gasteiger partial charge in [0, 0.05) is 12.8 Å². The zero-order valence-corrected chi connectivity index (χ0v) is 38.3. The lowest BCUT2D eigenvalue weighted by atomic mass is 9.82. The number of rotatable bonds is 48. The molecule has 2 N–H and O–H groups in total. The summed E-state index contributed by atoms with van der Waals surface area (Å²) in [6.07, 6.45) is 48.6. The molecule has 0 spiro atoms. The van der Waals surface area contributed by atoms with Crippen molar-refractivity contribution < 1.29 is 24.5 Å². The summed E-state index contributed by atoms with van der Waals surface area (Å²) in [6, 6.07) is 0. The molecule has 1 unspecified atom stereocenters. The van der Waals surface area contributed by atoms with Crippen molar-refractivity contribution in [3.05, 3.63) is 0 Å². The van der Waals surface area contributed by atoms with Gasteiger partial charge in [-0.25, -0.2) is 0 Å². The molecule has 0 amide bonds. The van der Waals surface area contributed by atoms with E-state index in [0.717, 1.165) is 57.8 Å². The molecule has 0 heterocycles. The van der Waals surface area contributed by atoms with Gasteiger partial charge in [0.15, 0.2) is 17.2 Å². The molecule has 1 atom stereocenters. The number of carbonyl (C=O) groups excluding carboxylic acids is 2. The number of Topliss-reactive ketones (excluding diaryl/α,β-unsaturated/α-hetero) is 2. The second-order valence-corrected chi connectivity index (χ2v) is 17.8. The van der Waals surface area contributed by atoms with Gasteiger partial charge in [0.05, 0.1) is 13.2 Å². The van der Waals surface area contributed by atoms with Crippen molar-refractivity contribution in [2.24, 2.45) is 0 Å². The number of aliphatic hydroxyl groups excluding tert-OH is 2. The Hall–Kier alpha value is -0.780. The van der Waals surface area contributed by atoms with E-state index in [2.05, 4.69) is 20.8 Å². The van der Waals surface area contributed by atoms with Crippen molar-refractivity contribution in [3.63, 3.8) is 0 Å². The average molecular weight is 793 g/mol. The first-order valence-corrected chi connectivity index (χ1v) is 25.5. The van der Waals surface area contributed by atoms with Crippen LogP contribution in [0.4, 0.5) is 0 Å². The fourth-order valence-electron chi connectivity index (χ4n) is 8.36. The van der Waals surface area contributed by atoms with Crippen LogP contribution in [0.2, 0.25) is 0 Å².